The second kappa shape index (κ2) is 5.44. The van der Waals surface area contributed by atoms with Crippen molar-refractivity contribution in [2.45, 2.75) is 0 Å². The summed E-state index contributed by atoms with van der Waals surface area (Å²) in [6, 6.07) is 10.9. The van der Waals surface area contributed by atoms with Gasteiger partial charge in [0.1, 0.15) is 0 Å². The van der Waals surface area contributed by atoms with Crippen LogP contribution in [0.5, 0.6) is 0 Å². The molecule has 0 bridgehead atoms. The highest BCUT2D eigenvalue weighted by Gasteiger charge is 2.34. The number of hydrogen-bond donors (Lipinski definition) is 1. The second-order valence-corrected chi connectivity index (χ2v) is 6.18. The Morgan fingerprint density at radius 1 is 1.25 bits per heavy atom. The minimum atomic E-state index is -0.150. The smallest absolute Gasteiger partial charge is 0.270 e. The highest BCUT2D eigenvalue weighted by molar-refractivity contribution is 8.27. The van der Waals surface area contributed by atoms with E-state index in [4.69, 9.17) is 23.8 Å². The first-order chi connectivity index (χ1) is 9.66. The van der Waals surface area contributed by atoms with Crippen LogP contribution >= 0.6 is 35.6 Å². The monoisotopic (exact) mass is 320 g/mol. The number of carbonyl (C=O) groups excluding carboxylic acids is 1. The zero-order chi connectivity index (χ0) is 14.1. The SMILES string of the molecule is O=C1/C(=C/c2ccc[nH]2)SC(=S)N1c1ccccc1Cl. The quantitative estimate of drug-likeness (QED) is 0.669. The molecule has 20 heavy (non-hydrogen) atoms. The molecule has 0 spiro atoms. The number of nitrogens with zero attached hydrogens (tertiary/aromatic N) is 1. The van der Waals surface area contributed by atoms with E-state index in [0.717, 1.165) is 5.69 Å². The largest absolute Gasteiger partial charge is 0.362 e. The van der Waals surface area contributed by atoms with Gasteiger partial charge in [-0.05, 0) is 30.3 Å². The van der Waals surface area contributed by atoms with Crippen LogP contribution in [0.4, 0.5) is 5.69 Å². The lowest BCUT2D eigenvalue weighted by Gasteiger charge is -2.15. The number of carbonyl (C=O) groups is 1. The first kappa shape index (κ1) is 13.4. The fraction of sp³-hybridized carbons (Fsp3) is 0. The van der Waals surface area contributed by atoms with Gasteiger partial charge >= 0.3 is 0 Å². The van der Waals surface area contributed by atoms with Gasteiger partial charge in [-0.25, -0.2) is 0 Å². The first-order valence-corrected chi connectivity index (χ1v) is 7.43. The molecule has 1 fully saturated rings. The van der Waals surface area contributed by atoms with E-state index in [1.165, 1.54) is 16.7 Å². The molecular formula is C14H9ClN2OS2. The van der Waals surface area contributed by atoms with Crippen LogP contribution in [-0.4, -0.2) is 15.2 Å². The Morgan fingerprint density at radius 2 is 2.05 bits per heavy atom. The second-order valence-electron chi connectivity index (χ2n) is 4.09. The fourth-order valence-electron chi connectivity index (χ4n) is 1.88. The summed E-state index contributed by atoms with van der Waals surface area (Å²) < 4.78 is 0.487. The number of H-pyrrole nitrogens is 1. The van der Waals surface area contributed by atoms with Crippen LogP contribution in [0.15, 0.2) is 47.5 Å². The minimum Gasteiger partial charge on any atom is -0.362 e. The maximum absolute atomic E-state index is 12.5. The molecule has 0 saturated carbocycles. The third kappa shape index (κ3) is 2.40. The summed E-state index contributed by atoms with van der Waals surface area (Å²) in [6.45, 7) is 0. The van der Waals surface area contributed by atoms with Gasteiger partial charge in [-0.15, -0.1) is 0 Å². The molecule has 2 heterocycles. The molecule has 2 aromatic rings. The van der Waals surface area contributed by atoms with Crippen LogP contribution in [0.2, 0.25) is 5.02 Å². The third-order valence-electron chi connectivity index (χ3n) is 2.80. The molecular weight excluding hydrogens is 312 g/mol. The van der Waals surface area contributed by atoms with Gasteiger partial charge in [0.15, 0.2) is 4.32 Å². The average Bonchev–Trinajstić information content (AvgIpc) is 3.01. The van der Waals surface area contributed by atoms with Gasteiger partial charge in [0.2, 0.25) is 0 Å². The molecule has 6 heteroatoms. The zero-order valence-corrected chi connectivity index (χ0v) is 12.6. The molecule has 0 unspecified atom stereocenters. The van der Waals surface area contributed by atoms with Gasteiger partial charge in [0.05, 0.1) is 15.6 Å². The van der Waals surface area contributed by atoms with Gasteiger partial charge in [0, 0.05) is 11.9 Å². The molecule has 0 aliphatic carbocycles. The van der Waals surface area contributed by atoms with Gasteiger partial charge in [-0.2, -0.15) is 0 Å². The number of aromatic amines is 1. The standard InChI is InChI=1S/C14H9ClN2OS2/c15-10-5-1-2-6-11(10)17-13(18)12(20-14(17)19)8-9-4-3-7-16-9/h1-8,16H/b12-8-. The van der Waals surface area contributed by atoms with Crippen molar-refractivity contribution < 1.29 is 4.79 Å². The summed E-state index contributed by atoms with van der Waals surface area (Å²) in [5.41, 5.74) is 1.48. The summed E-state index contributed by atoms with van der Waals surface area (Å²) in [6.07, 6.45) is 3.59. The number of para-hydroxylation sites is 1. The van der Waals surface area contributed by atoms with Crippen LogP contribution < -0.4 is 4.90 Å². The summed E-state index contributed by atoms with van der Waals surface area (Å²) in [7, 11) is 0. The van der Waals surface area contributed by atoms with Gasteiger partial charge in [-0.3, -0.25) is 9.69 Å². The van der Waals surface area contributed by atoms with Gasteiger partial charge < -0.3 is 4.98 Å². The van der Waals surface area contributed by atoms with Crippen molar-refractivity contribution in [1.82, 2.24) is 4.98 Å². The predicted molar refractivity (Wildman–Crippen MR) is 87.9 cm³/mol. The number of aromatic nitrogens is 1. The van der Waals surface area contributed by atoms with E-state index in [2.05, 4.69) is 4.98 Å². The van der Waals surface area contributed by atoms with E-state index in [9.17, 15) is 4.79 Å². The molecule has 1 N–H and O–H groups in total. The Morgan fingerprint density at radius 3 is 2.75 bits per heavy atom. The molecule has 1 aliphatic heterocycles. The lowest BCUT2D eigenvalue weighted by Crippen LogP contribution is -2.27. The van der Waals surface area contributed by atoms with Crippen LogP contribution in [0, 0.1) is 0 Å². The highest BCUT2D eigenvalue weighted by atomic mass is 35.5. The molecule has 1 saturated heterocycles. The van der Waals surface area contributed by atoms with E-state index in [-0.39, 0.29) is 5.91 Å². The minimum absolute atomic E-state index is 0.150. The summed E-state index contributed by atoms with van der Waals surface area (Å²) in [5.74, 6) is -0.150. The van der Waals surface area contributed by atoms with E-state index in [0.29, 0.717) is 19.9 Å². The maximum atomic E-state index is 12.5. The topological polar surface area (TPSA) is 36.1 Å². The lowest BCUT2D eigenvalue weighted by atomic mass is 10.3. The summed E-state index contributed by atoms with van der Waals surface area (Å²) >= 11 is 12.7. The first-order valence-electron chi connectivity index (χ1n) is 5.83. The number of benzene rings is 1. The molecule has 1 aromatic carbocycles. The third-order valence-corrected chi connectivity index (χ3v) is 4.42. The number of halogens is 1. The Kier molecular flexibility index (Phi) is 3.65. The van der Waals surface area contributed by atoms with Crippen LogP contribution in [0.1, 0.15) is 5.69 Å². The molecule has 3 nitrogen and oxygen atoms in total. The Labute approximate surface area is 130 Å². The number of thiocarbonyl (C=S) groups is 1. The molecule has 100 valence electrons. The number of anilines is 1. The number of hydrogen-bond acceptors (Lipinski definition) is 3. The molecule has 1 aliphatic rings. The maximum Gasteiger partial charge on any atom is 0.270 e. The summed E-state index contributed by atoms with van der Waals surface area (Å²) in [4.78, 5) is 17.6. The zero-order valence-electron chi connectivity index (χ0n) is 10.2. The van der Waals surface area contributed by atoms with Crippen molar-refractivity contribution >= 4 is 57.6 Å². The van der Waals surface area contributed by atoms with E-state index >= 15 is 0 Å². The van der Waals surface area contributed by atoms with Crippen molar-refractivity contribution in [2.24, 2.45) is 0 Å². The van der Waals surface area contributed by atoms with Crippen molar-refractivity contribution in [2.75, 3.05) is 4.90 Å². The number of thioether (sulfide) groups is 1. The van der Waals surface area contributed by atoms with Crippen LogP contribution in [0.25, 0.3) is 6.08 Å². The summed E-state index contributed by atoms with van der Waals surface area (Å²) in [5, 5.41) is 0.505. The van der Waals surface area contributed by atoms with Crippen LogP contribution in [0.3, 0.4) is 0 Å². The van der Waals surface area contributed by atoms with E-state index in [1.807, 2.05) is 24.3 Å². The predicted octanol–water partition coefficient (Wildman–Crippen LogP) is 4.07. The average molecular weight is 321 g/mol. The van der Waals surface area contributed by atoms with Crippen molar-refractivity contribution in [3.05, 3.63) is 58.2 Å². The number of nitrogens with one attached hydrogen (secondary N) is 1. The van der Waals surface area contributed by atoms with E-state index in [1.54, 1.807) is 24.4 Å². The molecule has 0 atom stereocenters. The Balaban J connectivity index is 1.98. The lowest BCUT2D eigenvalue weighted by molar-refractivity contribution is -0.113. The van der Waals surface area contributed by atoms with Crippen molar-refractivity contribution in [1.29, 1.82) is 0 Å². The van der Waals surface area contributed by atoms with Crippen molar-refractivity contribution in [3.63, 3.8) is 0 Å². The fourth-order valence-corrected chi connectivity index (χ4v) is 3.38. The number of rotatable bonds is 2. The van der Waals surface area contributed by atoms with Crippen molar-refractivity contribution in [3.8, 4) is 0 Å². The van der Waals surface area contributed by atoms with Gasteiger partial charge in [-0.1, -0.05) is 47.7 Å². The Hall–Kier alpha value is -1.56. The molecule has 1 amide bonds. The molecule has 3 rings (SSSR count). The van der Waals surface area contributed by atoms with E-state index < -0.39 is 0 Å². The highest BCUT2D eigenvalue weighted by Crippen LogP contribution is 2.38. The van der Waals surface area contributed by atoms with Crippen LogP contribution in [-0.2, 0) is 4.79 Å². The Bertz CT molecular complexity index is 710. The molecule has 1 aromatic heterocycles. The van der Waals surface area contributed by atoms with Gasteiger partial charge in [0.25, 0.3) is 5.91 Å². The number of amides is 1. The normalized spacial score (nSPS) is 17.2. The molecule has 0 radical (unpaired) electrons.